The molecule has 0 aromatic heterocycles. The number of amides is 2. The maximum atomic E-state index is 13.6. The van der Waals surface area contributed by atoms with Crippen molar-refractivity contribution in [1.82, 2.24) is 5.32 Å². The number of rotatable bonds is 3. The Morgan fingerprint density at radius 3 is 2.67 bits per heavy atom. The van der Waals surface area contributed by atoms with Crippen molar-refractivity contribution in [2.24, 2.45) is 5.92 Å². The molecule has 0 radical (unpaired) electrons. The van der Waals surface area contributed by atoms with Crippen molar-refractivity contribution in [3.63, 3.8) is 0 Å². The minimum Gasteiger partial charge on any atom is -0.481 e. The molecule has 1 fully saturated rings. The molecule has 114 valence electrons. The molecule has 2 atom stereocenters. The minimum absolute atomic E-state index is 0.0123. The normalized spacial score (nSPS) is 21.1. The van der Waals surface area contributed by atoms with E-state index < -0.39 is 35.6 Å². The van der Waals surface area contributed by atoms with Crippen LogP contribution in [-0.4, -0.2) is 36.4 Å². The summed E-state index contributed by atoms with van der Waals surface area (Å²) in [4.78, 5) is 22.6. The second-order valence-electron chi connectivity index (χ2n) is 4.43. The number of carboxylic acid groups (broad SMARTS) is 1. The fourth-order valence-electron chi connectivity index (χ4n) is 1.89. The fraction of sp³-hybridized carbons (Fsp3) is 0.333. The van der Waals surface area contributed by atoms with E-state index >= 15 is 0 Å². The Balaban J connectivity index is 2.02. The summed E-state index contributed by atoms with van der Waals surface area (Å²) in [6.07, 6.45) is 0. The number of carbonyl (C=O) groups is 2. The van der Waals surface area contributed by atoms with Gasteiger partial charge in [0, 0.05) is 6.07 Å². The number of nitrogens with one attached hydrogen (secondary N) is 2. The third-order valence-electron chi connectivity index (χ3n) is 2.97. The zero-order chi connectivity index (χ0) is 15.6. The standard InChI is InChI=1S/C12H11BrF2N2O4/c13-6-1-8(15)9(2-7(6)14)16-12(20)17-10-4-21-3-5(10)11(18)19/h1-2,5,10H,3-4H2,(H,18,19)(H2,16,17,20). The van der Waals surface area contributed by atoms with E-state index in [9.17, 15) is 18.4 Å². The van der Waals surface area contributed by atoms with Gasteiger partial charge >= 0.3 is 12.0 Å². The van der Waals surface area contributed by atoms with E-state index in [-0.39, 0.29) is 23.4 Å². The van der Waals surface area contributed by atoms with Crippen LogP contribution in [0.3, 0.4) is 0 Å². The quantitative estimate of drug-likeness (QED) is 0.715. The van der Waals surface area contributed by atoms with Gasteiger partial charge in [-0.25, -0.2) is 13.6 Å². The number of anilines is 1. The SMILES string of the molecule is O=C(Nc1cc(F)c(Br)cc1F)NC1COCC1C(=O)O. The van der Waals surface area contributed by atoms with Crippen molar-refractivity contribution in [1.29, 1.82) is 0 Å². The number of hydrogen-bond donors (Lipinski definition) is 3. The first kappa shape index (κ1) is 15.6. The van der Waals surface area contributed by atoms with Gasteiger partial charge in [-0.2, -0.15) is 0 Å². The lowest BCUT2D eigenvalue weighted by Gasteiger charge is -2.16. The number of halogens is 3. The largest absolute Gasteiger partial charge is 0.481 e. The highest BCUT2D eigenvalue weighted by Crippen LogP contribution is 2.23. The Kier molecular flexibility index (Phi) is 4.73. The third kappa shape index (κ3) is 3.67. The molecule has 6 nitrogen and oxygen atoms in total. The van der Waals surface area contributed by atoms with E-state index in [4.69, 9.17) is 9.84 Å². The van der Waals surface area contributed by atoms with Crippen molar-refractivity contribution in [3.05, 3.63) is 28.2 Å². The molecule has 2 unspecified atom stereocenters. The van der Waals surface area contributed by atoms with Crippen LogP contribution in [-0.2, 0) is 9.53 Å². The average molecular weight is 365 g/mol. The Morgan fingerprint density at radius 2 is 2.00 bits per heavy atom. The summed E-state index contributed by atoms with van der Waals surface area (Å²) in [5.74, 6) is -3.53. The Morgan fingerprint density at radius 1 is 1.29 bits per heavy atom. The smallest absolute Gasteiger partial charge is 0.319 e. The van der Waals surface area contributed by atoms with E-state index in [0.29, 0.717) is 0 Å². The summed E-state index contributed by atoms with van der Waals surface area (Å²) in [7, 11) is 0. The molecule has 1 aliphatic heterocycles. The van der Waals surface area contributed by atoms with E-state index in [1.165, 1.54) is 0 Å². The lowest BCUT2D eigenvalue weighted by Crippen LogP contribution is -2.44. The first-order valence-electron chi connectivity index (χ1n) is 5.91. The molecular weight excluding hydrogens is 354 g/mol. The number of benzene rings is 1. The van der Waals surface area contributed by atoms with Crippen LogP contribution in [0, 0.1) is 17.6 Å². The summed E-state index contributed by atoms with van der Waals surface area (Å²) < 4.78 is 31.8. The van der Waals surface area contributed by atoms with Gasteiger partial charge in [-0.3, -0.25) is 4.79 Å². The number of urea groups is 1. The highest BCUT2D eigenvalue weighted by Gasteiger charge is 2.35. The zero-order valence-electron chi connectivity index (χ0n) is 10.5. The Hall–Kier alpha value is -1.74. The van der Waals surface area contributed by atoms with Crippen molar-refractivity contribution >= 4 is 33.6 Å². The first-order chi connectivity index (χ1) is 9.88. The molecule has 0 spiro atoms. The van der Waals surface area contributed by atoms with Gasteiger partial charge in [0.2, 0.25) is 0 Å². The van der Waals surface area contributed by atoms with Crippen molar-refractivity contribution in [2.75, 3.05) is 18.5 Å². The lowest BCUT2D eigenvalue weighted by atomic mass is 10.0. The average Bonchev–Trinajstić information content (AvgIpc) is 2.84. The molecule has 1 aromatic carbocycles. The highest BCUT2D eigenvalue weighted by atomic mass is 79.9. The molecule has 2 amide bonds. The number of carboxylic acids is 1. The summed E-state index contributed by atoms with van der Waals surface area (Å²) in [6.45, 7) is 0.0309. The second-order valence-corrected chi connectivity index (χ2v) is 5.29. The topological polar surface area (TPSA) is 87.7 Å². The van der Waals surface area contributed by atoms with Crippen molar-refractivity contribution < 1.29 is 28.2 Å². The van der Waals surface area contributed by atoms with Crippen LogP contribution in [0.4, 0.5) is 19.3 Å². The molecule has 2 rings (SSSR count). The van der Waals surface area contributed by atoms with Gasteiger partial charge in [-0.05, 0) is 22.0 Å². The molecule has 3 N–H and O–H groups in total. The third-order valence-corrected chi connectivity index (χ3v) is 3.58. The zero-order valence-corrected chi connectivity index (χ0v) is 12.1. The second kappa shape index (κ2) is 6.35. The van der Waals surface area contributed by atoms with E-state index in [2.05, 4.69) is 26.6 Å². The predicted molar refractivity (Wildman–Crippen MR) is 71.9 cm³/mol. The number of ether oxygens (including phenoxy) is 1. The van der Waals surface area contributed by atoms with Crippen LogP contribution < -0.4 is 10.6 Å². The monoisotopic (exact) mass is 364 g/mol. The van der Waals surface area contributed by atoms with E-state index in [0.717, 1.165) is 12.1 Å². The van der Waals surface area contributed by atoms with Gasteiger partial charge in [0.1, 0.15) is 17.6 Å². The predicted octanol–water partition coefficient (Wildman–Crippen LogP) is 1.95. The van der Waals surface area contributed by atoms with Crippen LogP contribution in [0.2, 0.25) is 0 Å². The molecule has 1 heterocycles. The molecule has 1 aliphatic rings. The molecule has 21 heavy (non-hydrogen) atoms. The Bertz CT molecular complexity index is 585. The summed E-state index contributed by atoms with van der Waals surface area (Å²) in [5, 5.41) is 13.4. The number of carbonyl (C=O) groups excluding carboxylic acids is 1. The fourth-order valence-corrected chi connectivity index (χ4v) is 2.20. The molecule has 0 aliphatic carbocycles. The van der Waals surface area contributed by atoms with Gasteiger partial charge in [-0.15, -0.1) is 0 Å². The van der Waals surface area contributed by atoms with Crippen LogP contribution in [0.15, 0.2) is 16.6 Å². The number of hydrogen-bond acceptors (Lipinski definition) is 3. The van der Waals surface area contributed by atoms with Crippen molar-refractivity contribution in [2.45, 2.75) is 6.04 Å². The molecule has 9 heteroatoms. The molecule has 1 aromatic rings. The minimum atomic E-state index is -1.10. The molecule has 0 saturated carbocycles. The van der Waals surface area contributed by atoms with E-state index in [1.54, 1.807) is 0 Å². The Labute approximate surface area is 126 Å². The first-order valence-corrected chi connectivity index (χ1v) is 6.70. The maximum Gasteiger partial charge on any atom is 0.319 e. The molecule has 1 saturated heterocycles. The van der Waals surface area contributed by atoms with Crippen LogP contribution >= 0.6 is 15.9 Å². The van der Waals surface area contributed by atoms with Crippen LogP contribution in [0.25, 0.3) is 0 Å². The van der Waals surface area contributed by atoms with E-state index in [1.807, 2.05) is 0 Å². The van der Waals surface area contributed by atoms with Crippen LogP contribution in [0.5, 0.6) is 0 Å². The number of aliphatic carboxylic acids is 1. The van der Waals surface area contributed by atoms with Gasteiger partial charge in [0.15, 0.2) is 0 Å². The van der Waals surface area contributed by atoms with Gasteiger partial charge in [0.05, 0.1) is 29.4 Å². The lowest BCUT2D eigenvalue weighted by molar-refractivity contribution is -0.142. The summed E-state index contributed by atoms with van der Waals surface area (Å²) in [5.41, 5.74) is -0.348. The van der Waals surface area contributed by atoms with Gasteiger partial charge in [0.25, 0.3) is 0 Å². The highest BCUT2D eigenvalue weighted by molar-refractivity contribution is 9.10. The van der Waals surface area contributed by atoms with Crippen LogP contribution in [0.1, 0.15) is 0 Å². The van der Waals surface area contributed by atoms with Gasteiger partial charge in [-0.1, -0.05) is 0 Å². The molecular formula is C12H11BrF2N2O4. The summed E-state index contributed by atoms with van der Waals surface area (Å²) >= 11 is 2.82. The summed E-state index contributed by atoms with van der Waals surface area (Å²) in [6, 6.07) is 0.130. The van der Waals surface area contributed by atoms with Gasteiger partial charge < -0.3 is 20.5 Å². The molecule has 0 bridgehead atoms. The maximum absolute atomic E-state index is 13.6. The van der Waals surface area contributed by atoms with Crippen molar-refractivity contribution in [3.8, 4) is 0 Å².